The van der Waals surface area contributed by atoms with Crippen LogP contribution in [0.15, 0.2) is 40.9 Å². The van der Waals surface area contributed by atoms with Gasteiger partial charge in [-0.2, -0.15) is 4.98 Å². The molecule has 1 aliphatic heterocycles. The van der Waals surface area contributed by atoms with Crippen molar-refractivity contribution in [1.29, 1.82) is 0 Å². The Kier molecular flexibility index (Phi) is 5.16. The summed E-state index contributed by atoms with van der Waals surface area (Å²) in [6.07, 6.45) is 0.943. The molecule has 7 nitrogen and oxygen atoms in total. The minimum Gasteiger partial charge on any atom is -0.497 e. The van der Waals surface area contributed by atoms with Gasteiger partial charge in [0.05, 0.1) is 27.9 Å². The Balaban J connectivity index is 1.46. The predicted octanol–water partition coefficient (Wildman–Crippen LogP) is 3.32. The largest absolute Gasteiger partial charge is 0.497 e. The van der Waals surface area contributed by atoms with E-state index in [-0.39, 0.29) is 0 Å². The van der Waals surface area contributed by atoms with E-state index in [0.717, 1.165) is 42.3 Å². The molecule has 0 fully saturated rings. The van der Waals surface area contributed by atoms with Crippen molar-refractivity contribution in [2.24, 2.45) is 0 Å². The number of fused-ring (bicyclic) bond motifs is 1. The molecule has 28 heavy (non-hydrogen) atoms. The zero-order chi connectivity index (χ0) is 19.5. The van der Waals surface area contributed by atoms with Crippen LogP contribution in [0.3, 0.4) is 0 Å². The van der Waals surface area contributed by atoms with Crippen molar-refractivity contribution in [1.82, 2.24) is 15.0 Å². The first-order valence-corrected chi connectivity index (χ1v) is 9.13. The molecule has 0 amide bonds. The monoisotopic (exact) mass is 381 g/mol. The molecule has 1 aromatic heterocycles. The fourth-order valence-electron chi connectivity index (χ4n) is 3.45. The summed E-state index contributed by atoms with van der Waals surface area (Å²) in [7, 11) is 4.96. The third-order valence-corrected chi connectivity index (χ3v) is 4.97. The molecular weight excluding hydrogens is 358 g/mol. The van der Waals surface area contributed by atoms with Crippen molar-refractivity contribution in [2.45, 2.75) is 19.5 Å². The molecule has 0 saturated carbocycles. The Morgan fingerprint density at radius 2 is 1.68 bits per heavy atom. The van der Waals surface area contributed by atoms with Crippen molar-refractivity contribution in [3.8, 4) is 28.7 Å². The second kappa shape index (κ2) is 7.90. The van der Waals surface area contributed by atoms with Gasteiger partial charge < -0.3 is 18.7 Å². The minimum atomic E-state index is 0.515. The molecule has 2 aromatic carbocycles. The molecule has 2 heterocycles. The van der Waals surface area contributed by atoms with E-state index in [2.05, 4.69) is 27.2 Å². The average molecular weight is 381 g/mol. The third kappa shape index (κ3) is 3.66. The molecule has 3 aromatic rings. The molecule has 0 aliphatic carbocycles. The van der Waals surface area contributed by atoms with Gasteiger partial charge in [-0.15, -0.1) is 0 Å². The van der Waals surface area contributed by atoms with Crippen LogP contribution in [0.1, 0.15) is 17.0 Å². The molecule has 0 N–H and O–H groups in total. The number of methoxy groups -OCH3 is 3. The fourth-order valence-corrected chi connectivity index (χ4v) is 3.45. The van der Waals surface area contributed by atoms with Crippen molar-refractivity contribution in [3.05, 3.63) is 53.3 Å². The van der Waals surface area contributed by atoms with E-state index in [1.165, 1.54) is 11.1 Å². The van der Waals surface area contributed by atoms with Gasteiger partial charge in [0.2, 0.25) is 0 Å². The zero-order valence-corrected chi connectivity index (χ0v) is 16.3. The summed E-state index contributed by atoms with van der Waals surface area (Å²) < 4.78 is 21.5. The van der Waals surface area contributed by atoms with Crippen molar-refractivity contribution >= 4 is 0 Å². The van der Waals surface area contributed by atoms with Gasteiger partial charge in [0, 0.05) is 18.7 Å². The smallest absolute Gasteiger partial charge is 0.257 e. The van der Waals surface area contributed by atoms with Crippen molar-refractivity contribution in [3.63, 3.8) is 0 Å². The van der Waals surface area contributed by atoms with E-state index in [1.54, 1.807) is 21.3 Å². The van der Waals surface area contributed by atoms with E-state index >= 15 is 0 Å². The molecule has 0 saturated heterocycles. The molecule has 0 radical (unpaired) electrons. The minimum absolute atomic E-state index is 0.515. The van der Waals surface area contributed by atoms with Crippen LogP contribution in [0.5, 0.6) is 17.2 Å². The van der Waals surface area contributed by atoms with Gasteiger partial charge in [0.25, 0.3) is 5.89 Å². The van der Waals surface area contributed by atoms with Gasteiger partial charge in [-0.1, -0.05) is 5.16 Å². The Morgan fingerprint density at radius 1 is 0.964 bits per heavy atom. The SMILES string of the molecule is COc1ccc(-c2nc(CN3CCc4cc(OC)c(OC)cc4C3)no2)cc1. The van der Waals surface area contributed by atoms with E-state index in [9.17, 15) is 0 Å². The third-order valence-electron chi connectivity index (χ3n) is 4.97. The summed E-state index contributed by atoms with van der Waals surface area (Å²) in [6.45, 7) is 2.37. The van der Waals surface area contributed by atoms with Crippen LogP contribution >= 0.6 is 0 Å². The fraction of sp³-hybridized carbons (Fsp3) is 0.333. The van der Waals surface area contributed by atoms with Gasteiger partial charge in [-0.25, -0.2) is 0 Å². The highest BCUT2D eigenvalue weighted by Gasteiger charge is 2.21. The molecule has 0 atom stereocenters. The molecule has 0 unspecified atom stereocenters. The summed E-state index contributed by atoms with van der Waals surface area (Å²) in [5, 5.41) is 4.14. The van der Waals surface area contributed by atoms with Crippen LogP contribution in [-0.2, 0) is 19.5 Å². The van der Waals surface area contributed by atoms with Crippen LogP contribution in [0, 0.1) is 0 Å². The second-order valence-corrected chi connectivity index (χ2v) is 6.68. The number of hydrogen-bond acceptors (Lipinski definition) is 7. The van der Waals surface area contributed by atoms with Crippen LogP contribution in [0.25, 0.3) is 11.5 Å². The summed E-state index contributed by atoms with van der Waals surface area (Å²) in [5.41, 5.74) is 3.41. The summed E-state index contributed by atoms with van der Waals surface area (Å²) in [4.78, 5) is 6.84. The first-order valence-electron chi connectivity index (χ1n) is 9.13. The zero-order valence-electron chi connectivity index (χ0n) is 16.3. The molecule has 7 heteroatoms. The first-order chi connectivity index (χ1) is 13.7. The summed E-state index contributed by atoms with van der Waals surface area (Å²) in [5.74, 6) is 3.51. The topological polar surface area (TPSA) is 69.9 Å². The summed E-state index contributed by atoms with van der Waals surface area (Å²) >= 11 is 0. The lowest BCUT2D eigenvalue weighted by Crippen LogP contribution is -2.30. The molecular formula is C21H23N3O4. The maximum atomic E-state index is 5.44. The molecule has 0 bridgehead atoms. The first kappa shape index (κ1) is 18.3. The maximum Gasteiger partial charge on any atom is 0.257 e. The highest BCUT2D eigenvalue weighted by Crippen LogP contribution is 2.33. The Morgan fingerprint density at radius 3 is 2.36 bits per heavy atom. The predicted molar refractivity (Wildman–Crippen MR) is 104 cm³/mol. The highest BCUT2D eigenvalue weighted by atomic mass is 16.5. The molecule has 4 rings (SSSR count). The number of ether oxygens (including phenoxy) is 3. The molecule has 1 aliphatic rings. The van der Waals surface area contributed by atoms with Crippen molar-refractivity contribution in [2.75, 3.05) is 27.9 Å². The summed E-state index contributed by atoms with van der Waals surface area (Å²) in [6, 6.07) is 11.7. The number of rotatable bonds is 6. The average Bonchev–Trinajstić information content (AvgIpc) is 3.21. The van der Waals surface area contributed by atoms with Gasteiger partial charge >= 0.3 is 0 Å². The van der Waals surface area contributed by atoms with Crippen LogP contribution in [0.4, 0.5) is 0 Å². The van der Waals surface area contributed by atoms with Crippen molar-refractivity contribution < 1.29 is 18.7 Å². The van der Waals surface area contributed by atoms with E-state index < -0.39 is 0 Å². The lowest BCUT2D eigenvalue weighted by molar-refractivity contribution is 0.234. The second-order valence-electron chi connectivity index (χ2n) is 6.68. The van der Waals surface area contributed by atoms with E-state index in [4.69, 9.17) is 18.7 Å². The standard InChI is InChI=1S/C21H23N3O4/c1-25-17-6-4-14(5-7-17)21-22-20(23-28-21)13-24-9-8-15-10-18(26-2)19(27-3)11-16(15)12-24/h4-7,10-11H,8-9,12-13H2,1-3H3. The van der Waals surface area contributed by atoms with E-state index in [0.29, 0.717) is 18.3 Å². The van der Waals surface area contributed by atoms with Crippen LogP contribution in [0.2, 0.25) is 0 Å². The normalized spacial score (nSPS) is 13.8. The number of nitrogens with zero attached hydrogens (tertiary/aromatic N) is 3. The quantitative estimate of drug-likeness (QED) is 0.649. The van der Waals surface area contributed by atoms with Crippen LogP contribution in [-0.4, -0.2) is 42.9 Å². The number of hydrogen-bond donors (Lipinski definition) is 0. The van der Waals surface area contributed by atoms with Gasteiger partial charge in [0.15, 0.2) is 17.3 Å². The van der Waals surface area contributed by atoms with E-state index in [1.807, 2.05) is 24.3 Å². The molecule has 146 valence electrons. The van der Waals surface area contributed by atoms with Crippen LogP contribution < -0.4 is 14.2 Å². The van der Waals surface area contributed by atoms with Gasteiger partial charge in [0.1, 0.15) is 5.75 Å². The highest BCUT2D eigenvalue weighted by molar-refractivity contribution is 5.54. The van der Waals surface area contributed by atoms with Gasteiger partial charge in [-0.05, 0) is 53.9 Å². The Bertz CT molecular complexity index is 953. The lowest BCUT2D eigenvalue weighted by atomic mass is 9.99. The molecule has 0 spiro atoms. The maximum absolute atomic E-state index is 5.44. The van der Waals surface area contributed by atoms with Gasteiger partial charge in [-0.3, -0.25) is 4.90 Å². The number of aromatic nitrogens is 2. The lowest BCUT2D eigenvalue weighted by Gasteiger charge is -2.28. The Labute approximate surface area is 163 Å². The Hall–Kier alpha value is -3.06. The number of benzene rings is 2.